The predicted molar refractivity (Wildman–Crippen MR) is 118 cm³/mol. The van der Waals surface area contributed by atoms with E-state index in [2.05, 4.69) is 0 Å². The van der Waals surface area contributed by atoms with Gasteiger partial charge in [-0.25, -0.2) is 0 Å². The van der Waals surface area contributed by atoms with Crippen molar-refractivity contribution in [2.24, 2.45) is 11.8 Å². The summed E-state index contributed by atoms with van der Waals surface area (Å²) in [5.41, 5.74) is 1.87. The number of rotatable bonds is 10. The largest absolute Gasteiger partial charge is 0.493 e. The van der Waals surface area contributed by atoms with E-state index in [0.717, 1.165) is 11.1 Å². The molecule has 8 heteroatoms. The molecule has 3 rings (SSSR count). The van der Waals surface area contributed by atoms with Gasteiger partial charge < -0.3 is 33.2 Å². The highest BCUT2D eigenvalue weighted by Crippen LogP contribution is 2.41. The Morgan fingerprint density at radius 2 is 1.09 bits per heavy atom. The van der Waals surface area contributed by atoms with Crippen molar-refractivity contribution in [3.63, 3.8) is 0 Å². The first-order valence-corrected chi connectivity index (χ1v) is 10.2. The molecule has 0 amide bonds. The lowest BCUT2D eigenvalue weighted by Gasteiger charge is -2.19. The third-order valence-electron chi connectivity index (χ3n) is 5.71. The summed E-state index contributed by atoms with van der Waals surface area (Å²) in [6, 6.07) is 7.54. The number of cyclic esters (lactones) is 1. The second-order valence-electron chi connectivity index (χ2n) is 7.47. The Balaban J connectivity index is 1.87. The third-order valence-corrected chi connectivity index (χ3v) is 5.71. The van der Waals surface area contributed by atoms with Gasteiger partial charge in [0.25, 0.3) is 0 Å². The highest BCUT2D eigenvalue weighted by atomic mass is 16.5. The molecule has 0 radical (unpaired) electrons. The molecule has 2 atom stereocenters. The van der Waals surface area contributed by atoms with E-state index in [1.807, 2.05) is 24.3 Å². The normalized spacial score (nSPS) is 17.5. The molecule has 1 aliphatic heterocycles. The molecule has 2 aromatic rings. The molecule has 32 heavy (non-hydrogen) atoms. The number of esters is 1. The molecule has 0 saturated carbocycles. The Morgan fingerprint density at radius 3 is 1.47 bits per heavy atom. The van der Waals surface area contributed by atoms with Gasteiger partial charge in [-0.05, 0) is 48.2 Å². The van der Waals surface area contributed by atoms with Gasteiger partial charge in [-0.3, -0.25) is 4.79 Å². The van der Waals surface area contributed by atoms with Crippen molar-refractivity contribution in [3.8, 4) is 34.5 Å². The van der Waals surface area contributed by atoms with E-state index in [1.165, 1.54) is 0 Å². The van der Waals surface area contributed by atoms with Crippen LogP contribution in [0.25, 0.3) is 0 Å². The molecule has 1 heterocycles. The number of carbonyl (C=O) groups excluding carboxylic acids is 1. The number of hydrogen-bond donors (Lipinski definition) is 0. The fourth-order valence-corrected chi connectivity index (χ4v) is 4.12. The standard InChI is InChI=1S/C24H30O8/c1-26-18-9-14(10-19(27-2)22(18)30-5)7-16-13-32-24(25)17(16)8-15-11-20(28-3)23(31-6)21(12-15)29-4/h9-12,16-17H,7-8,13H2,1-6H3/t16-,17-/m0/s1. The van der Waals surface area contributed by atoms with E-state index in [9.17, 15) is 4.79 Å². The second kappa shape index (κ2) is 10.3. The van der Waals surface area contributed by atoms with Gasteiger partial charge in [0.15, 0.2) is 23.0 Å². The van der Waals surface area contributed by atoms with Crippen LogP contribution in [0.5, 0.6) is 34.5 Å². The molecule has 1 fully saturated rings. The molecule has 0 aliphatic carbocycles. The van der Waals surface area contributed by atoms with Crippen molar-refractivity contribution in [2.75, 3.05) is 49.3 Å². The first-order valence-electron chi connectivity index (χ1n) is 10.2. The Bertz CT molecular complexity index is 905. The molecule has 1 aliphatic rings. The molecule has 2 aromatic carbocycles. The maximum Gasteiger partial charge on any atom is 0.309 e. The zero-order valence-corrected chi connectivity index (χ0v) is 19.4. The Kier molecular flexibility index (Phi) is 7.56. The van der Waals surface area contributed by atoms with Gasteiger partial charge in [0.2, 0.25) is 11.5 Å². The van der Waals surface area contributed by atoms with Crippen molar-refractivity contribution in [3.05, 3.63) is 35.4 Å². The van der Waals surface area contributed by atoms with E-state index in [0.29, 0.717) is 53.9 Å². The van der Waals surface area contributed by atoms with Crippen LogP contribution in [0.3, 0.4) is 0 Å². The molecule has 0 unspecified atom stereocenters. The van der Waals surface area contributed by atoms with Crippen LogP contribution in [0.4, 0.5) is 0 Å². The molecule has 1 saturated heterocycles. The summed E-state index contributed by atoms with van der Waals surface area (Å²) < 4.78 is 38.0. The lowest BCUT2D eigenvalue weighted by molar-refractivity contribution is -0.141. The van der Waals surface area contributed by atoms with Crippen LogP contribution in [-0.2, 0) is 22.4 Å². The van der Waals surface area contributed by atoms with E-state index < -0.39 is 0 Å². The summed E-state index contributed by atoms with van der Waals surface area (Å²) in [4.78, 5) is 12.6. The van der Waals surface area contributed by atoms with E-state index >= 15 is 0 Å². The molecule has 0 bridgehead atoms. The lowest BCUT2D eigenvalue weighted by Crippen LogP contribution is -2.21. The summed E-state index contributed by atoms with van der Waals surface area (Å²) in [5, 5.41) is 0. The maximum absolute atomic E-state index is 12.6. The molecule has 0 N–H and O–H groups in total. The minimum absolute atomic E-state index is 0.00982. The molecule has 0 aromatic heterocycles. The van der Waals surface area contributed by atoms with Gasteiger partial charge in [0.1, 0.15) is 0 Å². The Morgan fingerprint density at radius 1 is 0.688 bits per heavy atom. The topological polar surface area (TPSA) is 81.7 Å². The van der Waals surface area contributed by atoms with Crippen molar-refractivity contribution in [2.45, 2.75) is 12.8 Å². The summed E-state index contributed by atoms with van der Waals surface area (Å²) in [5.74, 6) is 2.77. The summed E-state index contributed by atoms with van der Waals surface area (Å²) in [7, 11) is 9.42. The second-order valence-corrected chi connectivity index (χ2v) is 7.47. The quantitative estimate of drug-likeness (QED) is 0.514. The van der Waals surface area contributed by atoms with Gasteiger partial charge in [-0.1, -0.05) is 0 Å². The number of carbonyl (C=O) groups is 1. The first-order chi connectivity index (χ1) is 15.5. The van der Waals surface area contributed by atoms with E-state index in [1.54, 1.807) is 42.7 Å². The highest BCUT2D eigenvalue weighted by Gasteiger charge is 2.37. The van der Waals surface area contributed by atoms with Crippen LogP contribution in [0.15, 0.2) is 24.3 Å². The van der Waals surface area contributed by atoms with Gasteiger partial charge in [0.05, 0.1) is 55.2 Å². The SMILES string of the molecule is COc1cc(C[C@H]2COC(=O)[C@H]2Cc2cc(OC)c(OC)c(OC)c2)cc(OC)c1OC. The fourth-order valence-electron chi connectivity index (χ4n) is 4.12. The van der Waals surface area contributed by atoms with Crippen LogP contribution in [0.1, 0.15) is 11.1 Å². The van der Waals surface area contributed by atoms with Crippen LogP contribution >= 0.6 is 0 Å². The minimum Gasteiger partial charge on any atom is -0.493 e. The molecular weight excluding hydrogens is 416 g/mol. The predicted octanol–water partition coefficient (Wildman–Crippen LogP) is 3.31. The Hall–Kier alpha value is -3.29. The van der Waals surface area contributed by atoms with Gasteiger partial charge in [-0.15, -0.1) is 0 Å². The van der Waals surface area contributed by atoms with Crippen LogP contribution in [0, 0.1) is 11.8 Å². The first kappa shape index (κ1) is 23.4. The summed E-state index contributed by atoms with van der Waals surface area (Å²) in [6.45, 7) is 0.352. The average molecular weight is 446 g/mol. The van der Waals surface area contributed by atoms with Gasteiger partial charge in [0, 0.05) is 5.92 Å². The molecular formula is C24H30O8. The van der Waals surface area contributed by atoms with E-state index in [-0.39, 0.29) is 17.8 Å². The van der Waals surface area contributed by atoms with Crippen molar-refractivity contribution in [1.29, 1.82) is 0 Å². The Labute approximate surface area is 188 Å². The fraction of sp³-hybridized carbons (Fsp3) is 0.458. The van der Waals surface area contributed by atoms with Crippen LogP contribution < -0.4 is 28.4 Å². The minimum atomic E-state index is -0.308. The van der Waals surface area contributed by atoms with Crippen molar-refractivity contribution < 1.29 is 38.0 Å². The summed E-state index contributed by atoms with van der Waals surface area (Å²) in [6.07, 6.45) is 1.11. The van der Waals surface area contributed by atoms with Gasteiger partial charge in [-0.2, -0.15) is 0 Å². The third kappa shape index (κ3) is 4.64. The zero-order chi connectivity index (χ0) is 23.3. The highest BCUT2D eigenvalue weighted by molar-refractivity contribution is 5.75. The molecule has 174 valence electrons. The molecule has 0 spiro atoms. The number of ether oxygens (including phenoxy) is 7. The zero-order valence-electron chi connectivity index (χ0n) is 19.4. The number of methoxy groups -OCH3 is 6. The van der Waals surface area contributed by atoms with E-state index in [4.69, 9.17) is 33.2 Å². The van der Waals surface area contributed by atoms with Crippen LogP contribution in [-0.4, -0.2) is 55.2 Å². The maximum atomic E-state index is 12.6. The lowest BCUT2D eigenvalue weighted by atomic mass is 9.84. The van der Waals surface area contributed by atoms with Gasteiger partial charge >= 0.3 is 5.97 Å². The monoisotopic (exact) mass is 446 g/mol. The number of benzene rings is 2. The average Bonchev–Trinajstić information content (AvgIpc) is 3.16. The van der Waals surface area contributed by atoms with Crippen molar-refractivity contribution >= 4 is 5.97 Å². The van der Waals surface area contributed by atoms with Crippen LogP contribution in [0.2, 0.25) is 0 Å². The smallest absolute Gasteiger partial charge is 0.309 e. The summed E-state index contributed by atoms with van der Waals surface area (Å²) >= 11 is 0. The van der Waals surface area contributed by atoms with Crippen molar-refractivity contribution in [1.82, 2.24) is 0 Å². The molecule has 8 nitrogen and oxygen atoms in total. The number of hydrogen-bond acceptors (Lipinski definition) is 8.